The molecule has 1 aliphatic heterocycles. The Kier molecular flexibility index (Phi) is 5.40. The van der Waals surface area contributed by atoms with Gasteiger partial charge in [0.1, 0.15) is 0 Å². The molecule has 7 heteroatoms. The Bertz CT molecular complexity index is 544. The molecule has 1 heterocycles. The summed E-state index contributed by atoms with van der Waals surface area (Å²) in [6.07, 6.45) is 1.17. The number of hydrogen-bond acceptors (Lipinski definition) is 4. The zero-order valence-electron chi connectivity index (χ0n) is 11.4. The molecule has 5 nitrogen and oxygen atoms in total. The minimum Gasteiger partial charge on any atom is -0.379 e. The van der Waals surface area contributed by atoms with Crippen molar-refractivity contribution in [1.29, 1.82) is 0 Å². The summed E-state index contributed by atoms with van der Waals surface area (Å²) in [6.45, 7) is 3.22. The van der Waals surface area contributed by atoms with Crippen LogP contribution in [0.1, 0.15) is 11.6 Å². The van der Waals surface area contributed by atoms with Crippen LogP contribution in [-0.4, -0.2) is 52.4 Å². The van der Waals surface area contributed by atoms with E-state index in [9.17, 15) is 8.42 Å². The van der Waals surface area contributed by atoms with E-state index in [4.69, 9.17) is 16.3 Å². The van der Waals surface area contributed by atoms with Gasteiger partial charge in [-0.05, 0) is 17.7 Å². The molecule has 2 rings (SSSR count). The third-order valence-electron chi connectivity index (χ3n) is 3.26. The number of hydrogen-bond donors (Lipinski definition) is 1. The Morgan fingerprint density at radius 2 is 2.10 bits per heavy atom. The fourth-order valence-corrected chi connectivity index (χ4v) is 2.95. The molecule has 0 radical (unpaired) electrons. The predicted molar refractivity (Wildman–Crippen MR) is 79.4 cm³/mol. The largest absolute Gasteiger partial charge is 0.379 e. The second kappa shape index (κ2) is 6.87. The number of nitrogens with zero attached hydrogens (tertiary/aromatic N) is 1. The first-order valence-electron chi connectivity index (χ1n) is 6.47. The molecule has 1 atom stereocenters. The van der Waals surface area contributed by atoms with Crippen LogP contribution in [-0.2, 0) is 14.8 Å². The van der Waals surface area contributed by atoms with Crippen LogP contribution in [0.25, 0.3) is 0 Å². The van der Waals surface area contributed by atoms with Gasteiger partial charge in [0.05, 0.1) is 19.5 Å². The fourth-order valence-electron chi connectivity index (χ4n) is 2.29. The predicted octanol–water partition coefficient (Wildman–Crippen LogP) is 1.26. The van der Waals surface area contributed by atoms with E-state index in [1.165, 1.54) is 6.26 Å². The molecular formula is C13H19ClN2O3S. The quantitative estimate of drug-likeness (QED) is 0.888. The third-order valence-corrected chi connectivity index (χ3v) is 4.18. The van der Waals surface area contributed by atoms with Crippen molar-refractivity contribution >= 4 is 21.6 Å². The minimum atomic E-state index is -3.22. The third kappa shape index (κ3) is 4.71. The number of sulfonamides is 1. The number of ether oxygens (including phenoxy) is 1. The molecule has 0 aromatic heterocycles. The maximum absolute atomic E-state index is 11.3. The molecule has 1 saturated heterocycles. The molecule has 1 aliphatic rings. The zero-order chi connectivity index (χ0) is 14.6. The van der Waals surface area contributed by atoms with Crippen LogP contribution in [0, 0.1) is 0 Å². The molecule has 0 amide bonds. The van der Waals surface area contributed by atoms with E-state index in [1.807, 2.05) is 24.3 Å². The molecule has 1 N–H and O–H groups in total. The van der Waals surface area contributed by atoms with Crippen molar-refractivity contribution in [2.24, 2.45) is 0 Å². The van der Waals surface area contributed by atoms with E-state index in [2.05, 4.69) is 9.62 Å². The van der Waals surface area contributed by atoms with Crippen LogP contribution in [0.15, 0.2) is 24.3 Å². The molecule has 1 aromatic rings. The van der Waals surface area contributed by atoms with Gasteiger partial charge in [-0.25, -0.2) is 13.1 Å². The van der Waals surface area contributed by atoms with Crippen molar-refractivity contribution in [1.82, 2.24) is 9.62 Å². The summed E-state index contributed by atoms with van der Waals surface area (Å²) in [7, 11) is -3.22. The minimum absolute atomic E-state index is 0.0349. The van der Waals surface area contributed by atoms with E-state index in [0.29, 0.717) is 24.8 Å². The van der Waals surface area contributed by atoms with Crippen molar-refractivity contribution in [3.8, 4) is 0 Å². The molecule has 0 saturated carbocycles. The zero-order valence-corrected chi connectivity index (χ0v) is 13.0. The van der Waals surface area contributed by atoms with Gasteiger partial charge in [0.15, 0.2) is 0 Å². The Balaban J connectivity index is 2.18. The standard InChI is InChI=1S/C13H19ClN2O3S/c1-20(17,18)15-10-13(16-5-7-19-8-6-16)11-3-2-4-12(14)9-11/h2-4,9,13,15H,5-8,10H2,1H3/t13-/m1/s1. The first-order chi connectivity index (χ1) is 9.46. The van der Waals surface area contributed by atoms with Gasteiger partial charge in [0.2, 0.25) is 10.0 Å². The van der Waals surface area contributed by atoms with Crippen LogP contribution in [0.4, 0.5) is 0 Å². The fraction of sp³-hybridized carbons (Fsp3) is 0.538. The highest BCUT2D eigenvalue weighted by Gasteiger charge is 2.23. The molecule has 1 aromatic carbocycles. The second-order valence-corrected chi connectivity index (χ2v) is 7.11. The van der Waals surface area contributed by atoms with Crippen LogP contribution in [0.5, 0.6) is 0 Å². The van der Waals surface area contributed by atoms with Crippen LogP contribution in [0.3, 0.4) is 0 Å². The lowest BCUT2D eigenvalue weighted by Gasteiger charge is -2.34. The normalized spacial score (nSPS) is 18.9. The first kappa shape index (κ1) is 15.7. The van der Waals surface area contributed by atoms with Gasteiger partial charge in [-0.2, -0.15) is 0 Å². The number of morpholine rings is 1. The number of rotatable bonds is 5. The first-order valence-corrected chi connectivity index (χ1v) is 8.74. The molecule has 20 heavy (non-hydrogen) atoms. The highest BCUT2D eigenvalue weighted by molar-refractivity contribution is 7.88. The van der Waals surface area contributed by atoms with Gasteiger partial charge >= 0.3 is 0 Å². The van der Waals surface area contributed by atoms with Crippen LogP contribution in [0.2, 0.25) is 5.02 Å². The molecule has 1 fully saturated rings. The van der Waals surface area contributed by atoms with E-state index >= 15 is 0 Å². The summed E-state index contributed by atoms with van der Waals surface area (Å²) in [4.78, 5) is 2.22. The molecule has 0 bridgehead atoms. The van der Waals surface area contributed by atoms with Crippen molar-refractivity contribution in [3.63, 3.8) is 0 Å². The molecule has 112 valence electrons. The maximum atomic E-state index is 11.3. The molecule has 0 unspecified atom stereocenters. The van der Waals surface area contributed by atoms with Crippen LogP contribution >= 0.6 is 11.6 Å². The summed E-state index contributed by atoms with van der Waals surface area (Å²) in [5, 5.41) is 0.653. The van der Waals surface area contributed by atoms with Gasteiger partial charge in [0, 0.05) is 30.7 Å². The molecule has 0 spiro atoms. The lowest BCUT2D eigenvalue weighted by Crippen LogP contribution is -2.43. The van der Waals surface area contributed by atoms with Gasteiger partial charge in [0.25, 0.3) is 0 Å². The van der Waals surface area contributed by atoms with Gasteiger partial charge in [-0.1, -0.05) is 23.7 Å². The summed E-state index contributed by atoms with van der Waals surface area (Å²) >= 11 is 6.04. The number of halogens is 1. The van der Waals surface area contributed by atoms with Gasteiger partial charge in [-0.15, -0.1) is 0 Å². The van der Waals surface area contributed by atoms with E-state index < -0.39 is 10.0 Å². The Hall–Kier alpha value is -0.660. The highest BCUT2D eigenvalue weighted by Crippen LogP contribution is 2.24. The Morgan fingerprint density at radius 3 is 2.70 bits per heavy atom. The average molecular weight is 319 g/mol. The second-order valence-electron chi connectivity index (χ2n) is 4.84. The summed E-state index contributed by atoms with van der Waals surface area (Å²) in [5.41, 5.74) is 1.01. The van der Waals surface area contributed by atoms with Gasteiger partial charge < -0.3 is 4.74 Å². The molecule has 0 aliphatic carbocycles. The SMILES string of the molecule is CS(=O)(=O)NC[C@H](c1cccc(Cl)c1)N1CCOCC1. The number of nitrogens with one attached hydrogen (secondary N) is 1. The van der Waals surface area contributed by atoms with Crippen LogP contribution < -0.4 is 4.72 Å². The smallest absolute Gasteiger partial charge is 0.208 e. The van der Waals surface area contributed by atoms with E-state index in [0.717, 1.165) is 18.7 Å². The lowest BCUT2D eigenvalue weighted by atomic mass is 10.1. The van der Waals surface area contributed by atoms with Crippen molar-refractivity contribution in [2.45, 2.75) is 6.04 Å². The summed E-state index contributed by atoms with van der Waals surface area (Å²) in [6, 6.07) is 7.51. The van der Waals surface area contributed by atoms with Crippen molar-refractivity contribution < 1.29 is 13.2 Å². The summed E-state index contributed by atoms with van der Waals surface area (Å²) in [5.74, 6) is 0. The Morgan fingerprint density at radius 1 is 1.40 bits per heavy atom. The van der Waals surface area contributed by atoms with E-state index in [-0.39, 0.29) is 6.04 Å². The van der Waals surface area contributed by atoms with E-state index in [1.54, 1.807) is 0 Å². The average Bonchev–Trinajstić information content (AvgIpc) is 2.39. The highest BCUT2D eigenvalue weighted by atomic mass is 35.5. The van der Waals surface area contributed by atoms with Crippen molar-refractivity contribution in [3.05, 3.63) is 34.9 Å². The topological polar surface area (TPSA) is 58.6 Å². The lowest BCUT2D eigenvalue weighted by molar-refractivity contribution is 0.0172. The maximum Gasteiger partial charge on any atom is 0.208 e. The molecular weight excluding hydrogens is 300 g/mol. The summed E-state index contributed by atoms with van der Waals surface area (Å²) < 4.78 is 30.6. The van der Waals surface area contributed by atoms with Gasteiger partial charge in [-0.3, -0.25) is 4.90 Å². The monoisotopic (exact) mass is 318 g/mol. The Labute approximate surface area is 124 Å². The number of benzene rings is 1. The van der Waals surface area contributed by atoms with Crippen molar-refractivity contribution in [2.75, 3.05) is 39.1 Å².